The number of nitrogens with zero attached hydrogens (tertiary/aromatic N) is 2. The standard InChI is InChI=1S/C20H30FN3O3S/c1-15-4-3-5-19(16(15)2)22-20(25)14-23-10-12-24(13-11-23)28(26,27)18-8-6-17(21)7-9-18/h6-9,15-16,19H,3-5,10-14H2,1-2H3,(H,22,25)/t15-,16-,19-/m1/s1. The van der Waals surface area contributed by atoms with E-state index in [0.717, 1.165) is 25.0 Å². The van der Waals surface area contributed by atoms with Gasteiger partial charge in [0.25, 0.3) is 0 Å². The number of hydrogen-bond donors (Lipinski definition) is 1. The summed E-state index contributed by atoms with van der Waals surface area (Å²) in [6, 6.07) is 5.12. The zero-order valence-electron chi connectivity index (χ0n) is 16.6. The van der Waals surface area contributed by atoms with E-state index in [9.17, 15) is 17.6 Å². The molecule has 0 bridgehead atoms. The molecule has 1 aliphatic carbocycles. The lowest BCUT2D eigenvalue weighted by Gasteiger charge is -2.36. The lowest BCUT2D eigenvalue weighted by molar-refractivity contribution is -0.124. The molecule has 1 N–H and O–H groups in total. The van der Waals surface area contributed by atoms with Crippen LogP contribution in [-0.2, 0) is 14.8 Å². The number of halogens is 1. The number of sulfonamides is 1. The minimum atomic E-state index is -3.63. The third kappa shape index (κ3) is 4.90. The molecule has 0 radical (unpaired) electrons. The van der Waals surface area contributed by atoms with Crippen molar-refractivity contribution in [1.82, 2.24) is 14.5 Å². The van der Waals surface area contributed by atoms with Crippen LogP contribution < -0.4 is 5.32 Å². The van der Waals surface area contributed by atoms with E-state index in [1.54, 1.807) is 0 Å². The van der Waals surface area contributed by atoms with Gasteiger partial charge in [-0.05, 0) is 42.5 Å². The van der Waals surface area contributed by atoms with Crippen molar-refractivity contribution in [3.05, 3.63) is 30.1 Å². The van der Waals surface area contributed by atoms with E-state index in [4.69, 9.17) is 0 Å². The summed E-state index contributed by atoms with van der Waals surface area (Å²) in [5.41, 5.74) is 0. The third-order valence-corrected chi connectivity index (χ3v) is 8.12. The summed E-state index contributed by atoms with van der Waals surface area (Å²) in [5.74, 6) is 0.659. The number of hydrogen-bond acceptors (Lipinski definition) is 4. The highest BCUT2D eigenvalue weighted by atomic mass is 32.2. The van der Waals surface area contributed by atoms with Gasteiger partial charge < -0.3 is 5.32 Å². The van der Waals surface area contributed by atoms with Crippen LogP contribution in [0.2, 0.25) is 0 Å². The van der Waals surface area contributed by atoms with Crippen molar-refractivity contribution in [1.29, 1.82) is 0 Å². The Morgan fingerprint density at radius 1 is 1.11 bits per heavy atom. The van der Waals surface area contributed by atoms with Crippen LogP contribution in [0, 0.1) is 17.7 Å². The molecule has 3 atom stereocenters. The zero-order chi connectivity index (χ0) is 20.3. The maximum atomic E-state index is 13.1. The third-order valence-electron chi connectivity index (χ3n) is 6.20. The summed E-state index contributed by atoms with van der Waals surface area (Å²) < 4.78 is 39.8. The molecule has 1 saturated heterocycles. The van der Waals surface area contributed by atoms with Crippen LogP contribution in [0.3, 0.4) is 0 Å². The number of amides is 1. The molecule has 1 amide bonds. The first-order chi connectivity index (χ1) is 13.3. The van der Waals surface area contributed by atoms with E-state index < -0.39 is 15.8 Å². The lowest BCUT2D eigenvalue weighted by Crippen LogP contribution is -2.52. The molecule has 1 aromatic carbocycles. The molecule has 1 heterocycles. The molecule has 28 heavy (non-hydrogen) atoms. The van der Waals surface area contributed by atoms with E-state index in [1.807, 2.05) is 4.90 Å². The van der Waals surface area contributed by atoms with Gasteiger partial charge in [-0.15, -0.1) is 0 Å². The first kappa shape index (κ1) is 21.2. The van der Waals surface area contributed by atoms with Gasteiger partial charge in [0.15, 0.2) is 0 Å². The normalized spacial score (nSPS) is 27.5. The molecular formula is C20H30FN3O3S. The minimum absolute atomic E-state index is 0.0146. The van der Waals surface area contributed by atoms with Crippen LogP contribution in [0.15, 0.2) is 29.2 Å². The molecule has 8 heteroatoms. The van der Waals surface area contributed by atoms with Crippen LogP contribution in [0.5, 0.6) is 0 Å². The predicted octanol–water partition coefficient (Wildman–Crippen LogP) is 2.07. The largest absolute Gasteiger partial charge is 0.352 e. The highest BCUT2D eigenvalue weighted by Gasteiger charge is 2.31. The molecule has 156 valence electrons. The molecule has 0 unspecified atom stereocenters. The van der Waals surface area contributed by atoms with Gasteiger partial charge in [-0.1, -0.05) is 26.7 Å². The summed E-state index contributed by atoms with van der Waals surface area (Å²) in [7, 11) is -3.63. The Morgan fingerprint density at radius 2 is 1.75 bits per heavy atom. The highest BCUT2D eigenvalue weighted by molar-refractivity contribution is 7.89. The van der Waals surface area contributed by atoms with Crippen molar-refractivity contribution >= 4 is 15.9 Å². The van der Waals surface area contributed by atoms with Gasteiger partial charge in [-0.25, -0.2) is 12.8 Å². The first-order valence-electron chi connectivity index (χ1n) is 10.0. The molecule has 0 spiro atoms. The summed E-state index contributed by atoms with van der Waals surface area (Å²) in [6.45, 7) is 6.39. The fraction of sp³-hybridized carbons (Fsp3) is 0.650. The molecule has 2 aliphatic rings. The fourth-order valence-electron chi connectivity index (χ4n) is 4.12. The minimum Gasteiger partial charge on any atom is -0.352 e. The van der Waals surface area contributed by atoms with Gasteiger partial charge in [0, 0.05) is 32.2 Å². The second-order valence-corrected chi connectivity index (χ2v) is 10.0. The van der Waals surface area contributed by atoms with Crippen molar-refractivity contribution in [2.24, 2.45) is 11.8 Å². The maximum Gasteiger partial charge on any atom is 0.243 e. The first-order valence-corrected chi connectivity index (χ1v) is 11.5. The molecule has 1 aliphatic heterocycles. The van der Waals surface area contributed by atoms with Crippen LogP contribution in [0.1, 0.15) is 33.1 Å². The number of nitrogens with one attached hydrogen (secondary N) is 1. The second kappa shape index (κ2) is 8.88. The Kier molecular flexibility index (Phi) is 6.73. The van der Waals surface area contributed by atoms with E-state index in [-0.39, 0.29) is 16.8 Å². The van der Waals surface area contributed by atoms with E-state index in [2.05, 4.69) is 19.2 Å². The van der Waals surface area contributed by atoms with Crippen molar-refractivity contribution in [2.75, 3.05) is 32.7 Å². The van der Waals surface area contributed by atoms with Gasteiger partial charge in [-0.3, -0.25) is 9.69 Å². The molecule has 3 rings (SSSR count). The summed E-state index contributed by atoms with van der Waals surface area (Å²) in [6.07, 6.45) is 3.40. The van der Waals surface area contributed by atoms with E-state index in [1.165, 1.54) is 22.9 Å². The Hall–Kier alpha value is -1.51. The highest BCUT2D eigenvalue weighted by Crippen LogP contribution is 2.29. The maximum absolute atomic E-state index is 13.1. The number of rotatable bonds is 5. The predicted molar refractivity (Wildman–Crippen MR) is 106 cm³/mol. The van der Waals surface area contributed by atoms with Crippen LogP contribution in [0.25, 0.3) is 0 Å². The van der Waals surface area contributed by atoms with E-state index in [0.29, 0.717) is 44.6 Å². The lowest BCUT2D eigenvalue weighted by atomic mass is 9.78. The van der Waals surface area contributed by atoms with Crippen LogP contribution in [0.4, 0.5) is 4.39 Å². The van der Waals surface area contributed by atoms with Crippen LogP contribution in [-0.4, -0.2) is 62.3 Å². The van der Waals surface area contributed by atoms with Gasteiger partial charge >= 0.3 is 0 Å². The van der Waals surface area contributed by atoms with Gasteiger partial charge in [0.05, 0.1) is 11.4 Å². The number of piperazine rings is 1. The number of carbonyl (C=O) groups is 1. The Bertz CT molecular complexity index is 776. The van der Waals surface area contributed by atoms with Crippen molar-refractivity contribution in [3.63, 3.8) is 0 Å². The molecular weight excluding hydrogens is 381 g/mol. The summed E-state index contributed by atoms with van der Waals surface area (Å²) in [5, 5.41) is 3.17. The number of benzene rings is 1. The smallest absolute Gasteiger partial charge is 0.243 e. The van der Waals surface area contributed by atoms with Crippen LogP contribution >= 0.6 is 0 Å². The van der Waals surface area contributed by atoms with Crippen molar-refractivity contribution in [2.45, 2.75) is 44.0 Å². The van der Waals surface area contributed by atoms with E-state index >= 15 is 0 Å². The SMILES string of the molecule is C[C@@H]1[C@H](C)CCC[C@H]1NC(=O)CN1CCN(S(=O)(=O)c2ccc(F)cc2)CC1. The molecule has 0 aromatic heterocycles. The van der Waals surface area contributed by atoms with Gasteiger partial charge in [0.1, 0.15) is 5.82 Å². The second-order valence-electron chi connectivity index (χ2n) is 8.08. The summed E-state index contributed by atoms with van der Waals surface area (Å²) in [4.78, 5) is 14.5. The van der Waals surface area contributed by atoms with Gasteiger partial charge in [-0.2, -0.15) is 4.31 Å². The Labute approximate surface area is 167 Å². The Morgan fingerprint density at radius 3 is 2.39 bits per heavy atom. The number of carbonyl (C=O) groups excluding carboxylic acids is 1. The molecule has 1 aromatic rings. The molecule has 6 nitrogen and oxygen atoms in total. The fourth-order valence-corrected chi connectivity index (χ4v) is 5.55. The zero-order valence-corrected chi connectivity index (χ0v) is 17.4. The Balaban J connectivity index is 1.50. The quantitative estimate of drug-likeness (QED) is 0.805. The average molecular weight is 412 g/mol. The molecule has 1 saturated carbocycles. The topological polar surface area (TPSA) is 69.7 Å². The molecule has 2 fully saturated rings. The van der Waals surface area contributed by atoms with Crippen molar-refractivity contribution in [3.8, 4) is 0 Å². The van der Waals surface area contributed by atoms with Crippen molar-refractivity contribution < 1.29 is 17.6 Å². The average Bonchev–Trinajstić information content (AvgIpc) is 2.66. The van der Waals surface area contributed by atoms with Gasteiger partial charge in [0.2, 0.25) is 15.9 Å². The summed E-state index contributed by atoms with van der Waals surface area (Å²) >= 11 is 0. The monoisotopic (exact) mass is 411 g/mol.